The van der Waals surface area contributed by atoms with E-state index in [1.807, 2.05) is 0 Å². The fourth-order valence-corrected chi connectivity index (χ4v) is 3.58. The molecule has 18 heavy (non-hydrogen) atoms. The van der Waals surface area contributed by atoms with Crippen LogP contribution in [-0.2, 0) is 0 Å². The number of rotatable bonds is 5. The first-order valence-corrected chi connectivity index (χ1v) is 7.75. The maximum Gasteiger partial charge on any atom is 0.0158 e. The van der Waals surface area contributed by atoms with Crippen molar-refractivity contribution in [1.82, 2.24) is 10.2 Å². The Balaban J connectivity index is 1.78. The normalized spacial score (nSPS) is 26.8. The van der Waals surface area contributed by atoms with Crippen molar-refractivity contribution < 1.29 is 0 Å². The molecule has 1 unspecified atom stereocenters. The van der Waals surface area contributed by atoms with Crippen molar-refractivity contribution >= 4 is 0 Å². The first kappa shape index (κ1) is 14.3. The van der Waals surface area contributed by atoms with Gasteiger partial charge in [0.1, 0.15) is 0 Å². The largest absolute Gasteiger partial charge is 0.314 e. The summed E-state index contributed by atoms with van der Waals surface area (Å²) in [5, 5.41) is 3.69. The molecule has 2 rings (SSSR count). The number of hydrogen-bond acceptors (Lipinski definition) is 2. The molecule has 0 amide bonds. The zero-order chi connectivity index (χ0) is 13.4. The van der Waals surface area contributed by atoms with Crippen LogP contribution in [0.2, 0.25) is 0 Å². The zero-order valence-electron chi connectivity index (χ0n) is 13.1. The molecule has 2 fully saturated rings. The molecule has 1 aliphatic carbocycles. The van der Waals surface area contributed by atoms with E-state index in [4.69, 9.17) is 0 Å². The van der Waals surface area contributed by atoms with E-state index in [1.165, 1.54) is 45.3 Å². The lowest BCUT2D eigenvalue weighted by atomic mass is 9.81. The molecular weight excluding hydrogens is 220 g/mol. The summed E-state index contributed by atoms with van der Waals surface area (Å²) in [6.07, 6.45) is 5.48. The Morgan fingerprint density at radius 1 is 1.06 bits per heavy atom. The Hall–Kier alpha value is -0.0800. The molecule has 2 nitrogen and oxygen atoms in total. The number of hydrogen-bond donors (Lipinski definition) is 1. The Bertz CT molecular complexity index is 273. The van der Waals surface area contributed by atoms with Crippen molar-refractivity contribution in [3.05, 3.63) is 0 Å². The lowest BCUT2D eigenvalue weighted by molar-refractivity contribution is 0.0977. The summed E-state index contributed by atoms with van der Waals surface area (Å²) < 4.78 is 0. The summed E-state index contributed by atoms with van der Waals surface area (Å²) in [5.41, 5.74) is 0.778. The van der Waals surface area contributed by atoms with Crippen LogP contribution in [-0.4, -0.2) is 36.1 Å². The Labute approximate surface area is 114 Å². The van der Waals surface area contributed by atoms with Gasteiger partial charge in [0.2, 0.25) is 0 Å². The van der Waals surface area contributed by atoms with Crippen molar-refractivity contribution in [2.24, 2.45) is 11.3 Å². The molecule has 1 N–H and O–H groups in total. The van der Waals surface area contributed by atoms with Gasteiger partial charge >= 0.3 is 0 Å². The standard InChI is InChI=1S/C16H32N2/c1-15(2,3)12-16(4,5)18-9-8-13(11-18)10-17-14-6-7-14/h13-14,17H,6-12H2,1-5H3. The monoisotopic (exact) mass is 252 g/mol. The summed E-state index contributed by atoms with van der Waals surface area (Å²) in [6.45, 7) is 15.8. The summed E-state index contributed by atoms with van der Waals surface area (Å²) in [6, 6.07) is 0.863. The molecule has 1 heterocycles. The molecule has 2 heteroatoms. The molecule has 0 aromatic rings. The molecule has 1 saturated heterocycles. The summed E-state index contributed by atoms with van der Waals surface area (Å²) in [5.74, 6) is 0.879. The predicted octanol–water partition coefficient (Wildman–Crippen LogP) is 3.28. The van der Waals surface area contributed by atoms with Gasteiger partial charge < -0.3 is 5.32 Å². The van der Waals surface area contributed by atoms with Crippen molar-refractivity contribution in [3.8, 4) is 0 Å². The first-order valence-electron chi connectivity index (χ1n) is 7.75. The lowest BCUT2D eigenvalue weighted by Crippen LogP contribution is -2.45. The molecule has 106 valence electrons. The SMILES string of the molecule is CC(C)(C)CC(C)(C)N1CCC(CNC2CC2)C1. The second-order valence-electron chi connectivity index (χ2n) is 8.33. The predicted molar refractivity (Wildman–Crippen MR) is 78.9 cm³/mol. The van der Waals surface area contributed by atoms with E-state index in [9.17, 15) is 0 Å². The number of nitrogens with zero attached hydrogens (tertiary/aromatic N) is 1. The summed E-state index contributed by atoms with van der Waals surface area (Å²) in [4.78, 5) is 2.72. The molecule has 0 aromatic heterocycles. The van der Waals surface area contributed by atoms with Gasteiger partial charge in [-0.05, 0) is 64.0 Å². The molecule has 1 atom stereocenters. The highest BCUT2D eigenvalue weighted by Gasteiger charge is 2.36. The molecule has 0 aromatic carbocycles. The summed E-state index contributed by atoms with van der Waals surface area (Å²) >= 11 is 0. The molecule has 1 saturated carbocycles. The van der Waals surface area contributed by atoms with Crippen LogP contribution in [0.25, 0.3) is 0 Å². The summed E-state index contributed by atoms with van der Waals surface area (Å²) in [7, 11) is 0. The Kier molecular flexibility index (Phi) is 4.08. The van der Waals surface area contributed by atoms with Gasteiger partial charge in [0.15, 0.2) is 0 Å². The van der Waals surface area contributed by atoms with Crippen LogP contribution in [0.5, 0.6) is 0 Å². The number of likely N-dealkylation sites (tertiary alicyclic amines) is 1. The van der Waals surface area contributed by atoms with Crippen LogP contribution in [0.4, 0.5) is 0 Å². The second kappa shape index (κ2) is 5.13. The highest BCUT2D eigenvalue weighted by Crippen LogP contribution is 2.34. The van der Waals surface area contributed by atoms with Crippen LogP contribution in [0, 0.1) is 11.3 Å². The van der Waals surface area contributed by atoms with Crippen LogP contribution in [0.15, 0.2) is 0 Å². The van der Waals surface area contributed by atoms with Crippen LogP contribution in [0.3, 0.4) is 0 Å². The van der Waals surface area contributed by atoms with Gasteiger partial charge in [0, 0.05) is 18.1 Å². The van der Waals surface area contributed by atoms with Gasteiger partial charge in [0.05, 0.1) is 0 Å². The van der Waals surface area contributed by atoms with E-state index in [0.29, 0.717) is 11.0 Å². The average molecular weight is 252 g/mol. The average Bonchev–Trinajstić information content (AvgIpc) is 2.88. The van der Waals surface area contributed by atoms with E-state index < -0.39 is 0 Å². The number of nitrogens with one attached hydrogen (secondary N) is 1. The van der Waals surface area contributed by atoms with Gasteiger partial charge in [-0.25, -0.2) is 0 Å². The molecule has 0 radical (unpaired) electrons. The Morgan fingerprint density at radius 2 is 1.72 bits per heavy atom. The van der Waals surface area contributed by atoms with Crippen LogP contribution < -0.4 is 5.32 Å². The zero-order valence-corrected chi connectivity index (χ0v) is 13.1. The van der Waals surface area contributed by atoms with Crippen molar-refractivity contribution in [3.63, 3.8) is 0 Å². The maximum absolute atomic E-state index is 3.69. The van der Waals surface area contributed by atoms with Crippen molar-refractivity contribution in [2.75, 3.05) is 19.6 Å². The Morgan fingerprint density at radius 3 is 2.28 bits per heavy atom. The fourth-order valence-electron chi connectivity index (χ4n) is 3.58. The minimum absolute atomic E-state index is 0.354. The van der Waals surface area contributed by atoms with E-state index >= 15 is 0 Å². The van der Waals surface area contributed by atoms with Gasteiger partial charge in [-0.3, -0.25) is 4.90 Å². The third-order valence-electron chi connectivity index (χ3n) is 4.38. The van der Waals surface area contributed by atoms with Crippen molar-refractivity contribution in [1.29, 1.82) is 0 Å². The maximum atomic E-state index is 3.69. The van der Waals surface area contributed by atoms with Crippen LogP contribution >= 0.6 is 0 Å². The molecule has 0 bridgehead atoms. The third kappa shape index (κ3) is 4.24. The van der Waals surface area contributed by atoms with E-state index in [2.05, 4.69) is 44.8 Å². The second-order valence-corrected chi connectivity index (χ2v) is 8.33. The van der Waals surface area contributed by atoms with Gasteiger partial charge in [-0.1, -0.05) is 20.8 Å². The topological polar surface area (TPSA) is 15.3 Å². The molecule has 1 aliphatic heterocycles. The highest BCUT2D eigenvalue weighted by atomic mass is 15.2. The van der Waals surface area contributed by atoms with E-state index in [1.54, 1.807) is 0 Å². The van der Waals surface area contributed by atoms with Gasteiger partial charge in [-0.2, -0.15) is 0 Å². The molecule has 2 aliphatic rings. The van der Waals surface area contributed by atoms with E-state index in [0.717, 1.165) is 12.0 Å². The van der Waals surface area contributed by atoms with Gasteiger partial charge in [-0.15, -0.1) is 0 Å². The third-order valence-corrected chi connectivity index (χ3v) is 4.38. The minimum Gasteiger partial charge on any atom is -0.314 e. The molecular formula is C16H32N2. The molecule has 0 spiro atoms. The fraction of sp³-hybridized carbons (Fsp3) is 1.00. The smallest absolute Gasteiger partial charge is 0.0158 e. The first-order chi connectivity index (χ1) is 8.26. The quantitative estimate of drug-likeness (QED) is 0.808. The van der Waals surface area contributed by atoms with E-state index in [-0.39, 0.29) is 0 Å². The van der Waals surface area contributed by atoms with Gasteiger partial charge in [0.25, 0.3) is 0 Å². The van der Waals surface area contributed by atoms with Crippen LogP contribution in [0.1, 0.15) is 60.3 Å². The minimum atomic E-state index is 0.354. The highest BCUT2D eigenvalue weighted by molar-refractivity contribution is 4.92. The lowest BCUT2D eigenvalue weighted by Gasteiger charge is -2.40. The van der Waals surface area contributed by atoms with Crippen molar-refractivity contribution in [2.45, 2.75) is 71.9 Å².